The molecule has 0 unspecified atom stereocenters. The zero-order chi connectivity index (χ0) is 21.7. The predicted molar refractivity (Wildman–Crippen MR) is 109 cm³/mol. The van der Waals surface area contributed by atoms with Crippen LogP contribution < -0.4 is 15.2 Å². The molecule has 4 aromatic rings. The van der Waals surface area contributed by atoms with Gasteiger partial charge in [0.15, 0.2) is 17.5 Å². The van der Waals surface area contributed by atoms with E-state index in [-0.39, 0.29) is 11.6 Å². The van der Waals surface area contributed by atoms with Crippen LogP contribution in [0.3, 0.4) is 0 Å². The molecule has 160 valence electrons. The van der Waals surface area contributed by atoms with Crippen molar-refractivity contribution in [2.45, 2.75) is 26.0 Å². The Labute approximate surface area is 175 Å². The highest BCUT2D eigenvalue weighted by molar-refractivity contribution is 5.89. The summed E-state index contributed by atoms with van der Waals surface area (Å²) in [5.41, 5.74) is 7.79. The van der Waals surface area contributed by atoms with Crippen LogP contribution >= 0.6 is 0 Å². The molecule has 0 aliphatic carbocycles. The van der Waals surface area contributed by atoms with Gasteiger partial charge in [-0.25, -0.2) is 14.2 Å². The molecule has 0 saturated carbocycles. The summed E-state index contributed by atoms with van der Waals surface area (Å²) < 4.78 is 38.1. The zero-order valence-electron chi connectivity index (χ0n) is 16.8. The SMILES string of the molecule is COC(=O)[C@H](C)Oc1cc2c3c(c1)nc(-c1cc(F)c4oc(N)nc4c1)n3CCCO2. The van der Waals surface area contributed by atoms with Gasteiger partial charge in [0.2, 0.25) is 0 Å². The molecule has 0 radical (unpaired) electrons. The number of carbonyl (C=O) groups excluding carboxylic acids is 1. The van der Waals surface area contributed by atoms with E-state index >= 15 is 0 Å². The van der Waals surface area contributed by atoms with Crippen LogP contribution in [0.25, 0.3) is 33.5 Å². The normalized spacial score (nSPS) is 14.3. The van der Waals surface area contributed by atoms with E-state index in [0.717, 1.165) is 11.9 Å². The molecule has 0 saturated heterocycles. The average Bonchev–Trinajstić information content (AvgIpc) is 3.22. The Morgan fingerprint density at radius 3 is 2.90 bits per heavy atom. The summed E-state index contributed by atoms with van der Waals surface area (Å²) in [6.45, 7) is 2.73. The Hall–Kier alpha value is -3.82. The first-order valence-corrected chi connectivity index (χ1v) is 9.72. The van der Waals surface area contributed by atoms with Crippen molar-refractivity contribution in [2.75, 3.05) is 19.5 Å². The minimum atomic E-state index is -0.795. The van der Waals surface area contributed by atoms with Crippen LogP contribution in [0.2, 0.25) is 0 Å². The van der Waals surface area contributed by atoms with Crippen LogP contribution in [-0.4, -0.2) is 40.3 Å². The van der Waals surface area contributed by atoms with Gasteiger partial charge in [0.1, 0.15) is 28.4 Å². The van der Waals surface area contributed by atoms with Gasteiger partial charge in [-0.3, -0.25) is 0 Å². The van der Waals surface area contributed by atoms with Crippen LogP contribution in [0, 0.1) is 5.82 Å². The number of nitrogens with zero attached hydrogens (tertiary/aromatic N) is 3. The van der Waals surface area contributed by atoms with Crippen LogP contribution in [-0.2, 0) is 16.1 Å². The van der Waals surface area contributed by atoms with Crippen molar-refractivity contribution >= 4 is 34.1 Å². The number of ether oxygens (including phenoxy) is 3. The van der Waals surface area contributed by atoms with Crippen molar-refractivity contribution in [3.63, 3.8) is 0 Å². The number of nitrogen functional groups attached to an aromatic ring is 1. The van der Waals surface area contributed by atoms with Crippen LogP contribution in [0.15, 0.2) is 28.7 Å². The molecule has 0 amide bonds. The van der Waals surface area contributed by atoms with E-state index in [1.165, 1.54) is 13.2 Å². The number of oxazole rings is 1. The highest BCUT2D eigenvalue weighted by Crippen LogP contribution is 2.38. The number of benzene rings is 2. The Kier molecular flexibility index (Phi) is 4.42. The molecule has 31 heavy (non-hydrogen) atoms. The summed E-state index contributed by atoms with van der Waals surface area (Å²) >= 11 is 0. The molecule has 2 aromatic heterocycles. The maximum atomic E-state index is 14.6. The number of aryl methyl sites for hydroxylation is 1. The molecule has 3 heterocycles. The first-order chi connectivity index (χ1) is 14.9. The Balaban J connectivity index is 1.66. The topological polar surface area (TPSA) is 115 Å². The van der Waals surface area contributed by atoms with Crippen molar-refractivity contribution in [2.24, 2.45) is 0 Å². The van der Waals surface area contributed by atoms with E-state index in [4.69, 9.17) is 29.3 Å². The number of imidazole rings is 1. The summed E-state index contributed by atoms with van der Waals surface area (Å²) in [6, 6.07) is 6.37. The van der Waals surface area contributed by atoms with Crippen molar-refractivity contribution in [3.05, 3.63) is 30.1 Å². The number of methoxy groups -OCH3 is 1. The van der Waals surface area contributed by atoms with Gasteiger partial charge in [0.25, 0.3) is 6.01 Å². The molecule has 9 nitrogen and oxygen atoms in total. The molecule has 2 aromatic carbocycles. The monoisotopic (exact) mass is 426 g/mol. The van der Waals surface area contributed by atoms with Gasteiger partial charge in [-0.15, -0.1) is 0 Å². The zero-order valence-corrected chi connectivity index (χ0v) is 16.8. The van der Waals surface area contributed by atoms with Crippen LogP contribution in [0.5, 0.6) is 11.5 Å². The maximum Gasteiger partial charge on any atom is 0.346 e. The second kappa shape index (κ2) is 7.15. The molecule has 1 atom stereocenters. The molecule has 0 fully saturated rings. The summed E-state index contributed by atoms with van der Waals surface area (Å²) in [7, 11) is 1.30. The van der Waals surface area contributed by atoms with Crippen LogP contribution in [0.4, 0.5) is 10.4 Å². The fourth-order valence-corrected chi connectivity index (χ4v) is 3.78. The van der Waals surface area contributed by atoms with E-state index < -0.39 is 17.9 Å². The largest absolute Gasteiger partial charge is 0.491 e. The highest BCUT2D eigenvalue weighted by Gasteiger charge is 2.23. The second-order valence-corrected chi connectivity index (χ2v) is 7.22. The molecule has 10 heteroatoms. The molecule has 1 aliphatic rings. The second-order valence-electron chi connectivity index (χ2n) is 7.22. The van der Waals surface area contributed by atoms with Gasteiger partial charge < -0.3 is 28.9 Å². The molecule has 0 bridgehead atoms. The quantitative estimate of drug-likeness (QED) is 0.495. The van der Waals surface area contributed by atoms with Gasteiger partial charge in [-0.1, -0.05) is 0 Å². The van der Waals surface area contributed by atoms with Gasteiger partial charge in [0.05, 0.1) is 19.2 Å². The maximum absolute atomic E-state index is 14.6. The van der Waals surface area contributed by atoms with E-state index in [2.05, 4.69) is 4.98 Å². The lowest BCUT2D eigenvalue weighted by Gasteiger charge is -2.13. The number of esters is 1. The molecular formula is C21H19FN4O5. The number of carbonyl (C=O) groups is 1. The van der Waals surface area contributed by atoms with E-state index in [1.807, 2.05) is 4.57 Å². The Morgan fingerprint density at radius 2 is 2.10 bits per heavy atom. The fraction of sp³-hybridized carbons (Fsp3) is 0.286. The lowest BCUT2D eigenvalue weighted by atomic mass is 10.2. The number of rotatable bonds is 4. The average molecular weight is 426 g/mol. The summed E-state index contributed by atoms with van der Waals surface area (Å²) in [5, 5.41) is 0. The van der Waals surface area contributed by atoms with Crippen molar-refractivity contribution in [1.82, 2.24) is 14.5 Å². The Morgan fingerprint density at radius 1 is 1.26 bits per heavy atom. The number of halogens is 1. The number of hydrogen-bond donors (Lipinski definition) is 1. The smallest absolute Gasteiger partial charge is 0.346 e. The molecular weight excluding hydrogens is 407 g/mol. The van der Waals surface area contributed by atoms with Gasteiger partial charge >= 0.3 is 5.97 Å². The molecule has 5 rings (SSSR count). The number of anilines is 1. The van der Waals surface area contributed by atoms with Gasteiger partial charge in [-0.2, -0.15) is 4.98 Å². The lowest BCUT2D eigenvalue weighted by molar-refractivity contribution is -0.147. The number of hydrogen-bond acceptors (Lipinski definition) is 8. The van der Waals surface area contributed by atoms with Crippen molar-refractivity contribution in [1.29, 1.82) is 0 Å². The van der Waals surface area contributed by atoms with Gasteiger partial charge in [0, 0.05) is 24.2 Å². The van der Waals surface area contributed by atoms with E-state index in [0.29, 0.717) is 47.1 Å². The minimum absolute atomic E-state index is 0.00438. The molecule has 1 aliphatic heterocycles. The molecule has 2 N–H and O–H groups in total. The van der Waals surface area contributed by atoms with E-state index in [1.54, 1.807) is 25.1 Å². The highest BCUT2D eigenvalue weighted by atomic mass is 19.1. The third kappa shape index (κ3) is 3.20. The third-order valence-electron chi connectivity index (χ3n) is 5.13. The fourth-order valence-electron chi connectivity index (χ4n) is 3.78. The van der Waals surface area contributed by atoms with Crippen molar-refractivity contribution in [3.8, 4) is 22.9 Å². The standard InChI is InChI=1S/C21H19FN4O5/c1-10(20(27)28-2)30-12-8-14-17-16(9-12)29-5-3-4-26(17)19(24-14)11-6-13(22)18-15(7-11)25-21(23)31-18/h6-10H,3-5H2,1-2H3,(H2,23,25)/t10-/m0/s1. The van der Waals surface area contributed by atoms with Crippen LogP contribution in [0.1, 0.15) is 13.3 Å². The van der Waals surface area contributed by atoms with E-state index in [9.17, 15) is 9.18 Å². The Bertz CT molecular complexity index is 1330. The predicted octanol–water partition coefficient (Wildman–Crippen LogP) is 3.29. The van der Waals surface area contributed by atoms with Gasteiger partial charge in [-0.05, 0) is 25.5 Å². The number of aromatic nitrogens is 3. The molecule has 0 spiro atoms. The first kappa shape index (κ1) is 19.2. The summed E-state index contributed by atoms with van der Waals surface area (Å²) in [5.74, 6) is 0.492. The summed E-state index contributed by atoms with van der Waals surface area (Å²) in [6.07, 6.45) is -0.0557. The number of nitrogens with two attached hydrogens (primary N) is 1. The third-order valence-corrected chi connectivity index (χ3v) is 5.13. The summed E-state index contributed by atoms with van der Waals surface area (Å²) in [4.78, 5) is 20.5. The first-order valence-electron chi connectivity index (χ1n) is 9.72. The minimum Gasteiger partial charge on any atom is -0.491 e. The van der Waals surface area contributed by atoms with Crippen molar-refractivity contribution < 1.29 is 27.8 Å². The lowest BCUT2D eigenvalue weighted by Crippen LogP contribution is -2.24. The number of fused-ring (bicyclic) bond motifs is 1.